The summed E-state index contributed by atoms with van der Waals surface area (Å²) in [6.07, 6.45) is 4.31. The fourth-order valence-electron chi connectivity index (χ4n) is 5.50. The van der Waals surface area contributed by atoms with E-state index < -0.39 is 0 Å². The second kappa shape index (κ2) is 11.5. The number of pyridine rings is 1. The Morgan fingerprint density at radius 2 is 1.83 bits per heavy atom. The Morgan fingerprint density at radius 1 is 1.06 bits per heavy atom. The molecule has 3 heterocycles. The number of aliphatic hydroxyl groups excluding tert-OH is 1. The minimum atomic E-state index is 0.127. The number of aromatic nitrogens is 1. The summed E-state index contributed by atoms with van der Waals surface area (Å²) in [5, 5.41) is 9.00. The van der Waals surface area contributed by atoms with Crippen LogP contribution in [0.15, 0.2) is 30.3 Å². The van der Waals surface area contributed by atoms with Crippen molar-refractivity contribution in [2.24, 2.45) is 5.73 Å². The molecule has 0 radical (unpaired) electrons. The van der Waals surface area contributed by atoms with Crippen LogP contribution in [0, 0.1) is 0 Å². The maximum atomic E-state index is 9.00. The number of quaternary nitrogens is 1. The minimum absolute atomic E-state index is 0.127. The van der Waals surface area contributed by atoms with Gasteiger partial charge in [0.15, 0.2) is 0 Å². The van der Waals surface area contributed by atoms with E-state index in [1.165, 1.54) is 11.3 Å². The average molecular weight is 497 g/mol. The SMILES string of the molecule is CC1(C)CC[N+](C)(C)c2ccc(-c3nc(N4CCN(CCCCCO)CC4)ccc3OCCN)cc21. The number of ether oxygens (including phenoxy) is 1. The first-order chi connectivity index (χ1) is 17.2. The van der Waals surface area contributed by atoms with E-state index in [2.05, 4.69) is 68.1 Å². The molecule has 1 saturated heterocycles. The third-order valence-corrected chi connectivity index (χ3v) is 7.99. The van der Waals surface area contributed by atoms with E-state index in [1.807, 2.05) is 0 Å². The van der Waals surface area contributed by atoms with Gasteiger partial charge in [-0.1, -0.05) is 13.8 Å². The molecule has 0 amide bonds. The van der Waals surface area contributed by atoms with Crippen LogP contribution in [-0.4, -0.2) is 88.1 Å². The summed E-state index contributed by atoms with van der Waals surface area (Å²) in [5.41, 5.74) is 10.7. The lowest BCUT2D eigenvalue weighted by Crippen LogP contribution is -2.48. The minimum Gasteiger partial charge on any atom is -0.490 e. The van der Waals surface area contributed by atoms with Gasteiger partial charge < -0.3 is 20.5 Å². The number of rotatable bonds is 10. The van der Waals surface area contributed by atoms with Crippen molar-refractivity contribution in [1.82, 2.24) is 14.4 Å². The topological polar surface area (TPSA) is 74.9 Å². The van der Waals surface area contributed by atoms with Gasteiger partial charge in [0.2, 0.25) is 0 Å². The van der Waals surface area contributed by atoms with E-state index >= 15 is 0 Å². The Morgan fingerprint density at radius 3 is 2.56 bits per heavy atom. The zero-order valence-corrected chi connectivity index (χ0v) is 22.8. The third-order valence-electron chi connectivity index (χ3n) is 7.99. The Balaban J connectivity index is 1.58. The van der Waals surface area contributed by atoms with Gasteiger partial charge in [0.25, 0.3) is 0 Å². The second-order valence-corrected chi connectivity index (χ2v) is 11.5. The van der Waals surface area contributed by atoms with Crippen LogP contribution in [0.3, 0.4) is 0 Å². The van der Waals surface area contributed by atoms with E-state index in [1.54, 1.807) is 0 Å². The zero-order chi connectivity index (χ0) is 25.8. The van der Waals surface area contributed by atoms with E-state index in [-0.39, 0.29) is 5.41 Å². The highest BCUT2D eigenvalue weighted by Crippen LogP contribution is 2.44. The van der Waals surface area contributed by atoms with E-state index in [0.29, 0.717) is 19.8 Å². The highest BCUT2D eigenvalue weighted by molar-refractivity contribution is 5.73. The van der Waals surface area contributed by atoms with Crippen LogP contribution in [0.2, 0.25) is 0 Å². The predicted octanol–water partition coefficient (Wildman–Crippen LogP) is 3.62. The number of hydrogen-bond donors (Lipinski definition) is 2. The molecule has 7 nitrogen and oxygen atoms in total. The van der Waals surface area contributed by atoms with Crippen LogP contribution in [0.5, 0.6) is 5.75 Å². The van der Waals surface area contributed by atoms with Gasteiger partial charge in [-0.3, -0.25) is 9.38 Å². The first-order valence-electron chi connectivity index (χ1n) is 13.7. The number of aliphatic hydroxyl groups is 1. The molecule has 0 atom stereocenters. The van der Waals surface area contributed by atoms with Crippen LogP contribution >= 0.6 is 0 Å². The van der Waals surface area contributed by atoms with Crippen molar-refractivity contribution in [3.8, 4) is 17.0 Å². The molecule has 36 heavy (non-hydrogen) atoms. The molecule has 0 aliphatic carbocycles. The van der Waals surface area contributed by atoms with Gasteiger partial charge in [-0.15, -0.1) is 0 Å². The molecule has 4 rings (SSSR count). The highest BCUT2D eigenvalue weighted by Gasteiger charge is 2.38. The molecule has 1 aromatic carbocycles. The first-order valence-corrected chi connectivity index (χ1v) is 13.7. The summed E-state index contributed by atoms with van der Waals surface area (Å²) in [6.45, 7) is 12.2. The molecule has 2 aliphatic heterocycles. The number of piperazine rings is 1. The van der Waals surface area contributed by atoms with E-state index in [4.69, 9.17) is 20.6 Å². The van der Waals surface area contributed by atoms with Gasteiger partial charge in [0.1, 0.15) is 29.6 Å². The maximum absolute atomic E-state index is 9.00. The van der Waals surface area contributed by atoms with Crippen LogP contribution in [0.4, 0.5) is 11.5 Å². The Kier molecular flexibility index (Phi) is 8.56. The van der Waals surface area contributed by atoms with Crippen molar-refractivity contribution < 1.29 is 9.84 Å². The number of nitrogens with zero attached hydrogens (tertiary/aromatic N) is 4. The fourth-order valence-corrected chi connectivity index (χ4v) is 5.50. The fraction of sp³-hybridized carbons (Fsp3) is 0.621. The molecule has 0 saturated carbocycles. The summed E-state index contributed by atoms with van der Waals surface area (Å²) < 4.78 is 6.98. The van der Waals surface area contributed by atoms with E-state index in [0.717, 1.165) is 92.3 Å². The zero-order valence-electron chi connectivity index (χ0n) is 22.8. The summed E-state index contributed by atoms with van der Waals surface area (Å²) in [6, 6.07) is 11.0. The smallest absolute Gasteiger partial charge is 0.145 e. The summed E-state index contributed by atoms with van der Waals surface area (Å²) in [4.78, 5) is 10.1. The van der Waals surface area contributed by atoms with Crippen molar-refractivity contribution in [3.63, 3.8) is 0 Å². The molecule has 198 valence electrons. The lowest BCUT2D eigenvalue weighted by molar-refractivity contribution is 0.242. The van der Waals surface area contributed by atoms with Gasteiger partial charge in [0.05, 0.1) is 20.6 Å². The summed E-state index contributed by atoms with van der Waals surface area (Å²) >= 11 is 0. The average Bonchev–Trinajstić information content (AvgIpc) is 2.88. The van der Waals surface area contributed by atoms with Gasteiger partial charge in [-0.25, -0.2) is 4.98 Å². The Hall–Kier alpha value is -2.19. The molecule has 1 fully saturated rings. The number of hydrogen-bond acceptors (Lipinski definition) is 6. The number of anilines is 1. The molecule has 1 aromatic heterocycles. The van der Waals surface area contributed by atoms with Crippen molar-refractivity contribution >= 4 is 11.5 Å². The number of nitrogens with two attached hydrogens (primary N) is 1. The predicted molar refractivity (Wildman–Crippen MR) is 150 cm³/mol. The molecule has 0 unspecified atom stereocenters. The largest absolute Gasteiger partial charge is 0.490 e. The summed E-state index contributed by atoms with van der Waals surface area (Å²) in [7, 11) is 4.60. The molecular formula is C29H46N5O2+. The summed E-state index contributed by atoms with van der Waals surface area (Å²) in [5.74, 6) is 1.81. The van der Waals surface area contributed by atoms with Gasteiger partial charge >= 0.3 is 0 Å². The lowest BCUT2D eigenvalue weighted by Gasteiger charge is -2.42. The van der Waals surface area contributed by atoms with Crippen LogP contribution in [0.1, 0.15) is 45.1 Å². The molecule has 0 spiro atoms. The Labute approximate surface area is 217 Å². The molecule has 7 heteroatoms. The molecular weight excluding hydrogens is 450 g/mol. The number of unbranched alkanes of at least 4 members (excludes halogenated alkanes) is 2. The number of benzene rings is 1. The Bertz CT molecular complexity index is 1010. The van der Waals surface area contributed by atoms with Crippen molar-refractivity contribution in [2.75, 3.05) is 78.0 Å². The standard InChI is InChI=1S/C29H46N5O2/c1-29(2)12-19-34(3,4)25-9-8-23(22-24(25)29)28-26(36-21-13-30)10-11-27(31-28)33-17-15-32(16-18-33)14-6-5-7-20-35/h8-11,22,35H,5-7,12-21,30H2,1-4H3/q+1. The van der Waals surface area contributed by atoms with Crippen molar-refractivity contribution in [3.05, 3.63) is 35.9 Å². The molecule has 3 N–H and O–H groups in total. The van der Waals surface area contributed by atoms with Crippen LogP contribution in [-0.2, 0) is 5.41 Å². The van der Waals surface area contributed by atoms with Crippen LogP contribution < -0.4 is 19.9 Å². The highest BCUT2D eigenvalue weighted by atomic mass is 16.5. The van der Waals surface area contributed by atoms with Crippen molar-refractivity contribution in [2.45, 2.75) is 44.9 Å². The van der Waals surface area contributed by atoms with Crippen LogP contribution in [0.25, 0.3) is 11.3 Å². The molecule has 2 aromatic rings. The quantitative estimate of drug-likeness (QED) is 0.387. The molecule has 0 bridgehead atoms. The van der Waals surface area contributed by atoms with Crippen molar-refractivity contribution in [1.29, 1.82) is 0 Å². The van der Waals surface area contributed by atoms with Gasteiger partial charge in [0, 0.05) is 68.4 Å². The monoisotopic (exact) mass is 496 g/mol. The maximum Gasteiger partial charge on any atom is 0.145 e. The normalized spacial score (nSPS) is 19.2. The van der Waals surface area contributed by atoms with Gasteiger partial charge in [-0.05, 0) is 50.1 Å². The third kappa shape index (κ3) is 6.02. The lowest BCUT2D eigenvalue weighted by atomic mass is 9.76. The first kappa shape index (κ1) is 26.9. The molecule has 2 aliphatic rings. The number of fused-ring (bicyclic) bond motifs is 1. The van der Waals surface area contributed by atoms with E-state index in [9.17, 15) is 0 Å². The second-order valence-electron chi connectivity index (χ2n) is 11.5. The van der Waals surface area contributed by atoms with Gasteiger partial charge in [-0.2, -0.15) is 0 Å².